The molecule has 2 aliphatic heterocycles. The number of nitrogens with one attached hydrogen (secondary N) is 1. The van der Waals surface area contributed by atoms with Gasteiger partial charge in [0.15, 0.2) is 9.84 Å². The van der Waals surface area contributed by atoms with E-state index in [9.17, 15) is 13.2 Å². The predicted molar refractivity (Wildman–Crippen MR) is 80.1 cm³/mol. The molecular formula is C13H25N3O4S. The van der Waals surface area contributed by atoms with E-state index in [0.29, 0.717) is 13.0 Å². The van der Waals surface area contributed by atoms with Gasteiger partial charge in [0.25, 0.3) is 0 Å². The average Bonchev–Trinajstić information content (AvgIpc) is 2.84. The molecule has 0 unspecified atom stereocenters. The van der Waals surface area contributed by atoms with Crippen LogP contribution in [0.2, 0.25) is 0 Å². The molecule has 0 aromatic heterocycles. The fraction of sp³-hybridized carbons (Fsp3) is 0.923. The summed E-state index contributed by atoms with van der Waals surface area (Å²) in [5.41, 5.74) is 0. The molecule has 2 fully saturated rings. The maximum atomic E-state index is 12.1. The van der Waals surface area contributed by atoms with Crippen molar-refractivity contribution in [3.63, 3.8) is 0 Å². The van der Waals surface area contributed by atoms with Crippen LogP contribution in [0.3, 0.4) is 0 Å². The molecular weight excluding hydrogens is 294 g/mol. The average molecular weight is 319 g/mol. The Morgan fingerprint density at radius 2 is 2.10 bits per heavy atom. The molecule has 7 nitrogen and oxygen atoms in total. The van der Waals surface area contributed by atoms with Crippen molar-refractivity contribution in [1.29, 1.82) is 0 Å². The zero-order valence-corrected chi connectivity index (χ0v) is 13.6. The Morgan fingerprint density at radius 1 is 1.43 bits per heavy atom. The highest BCUT2D eigenvalue weighted by Crippen LogP contribution is 2.16. The highest BCUT2D eigenvalue weighted by atomic mass is 32.2. The number of hydrogen-bond donors (Lipinski definition) is 1. The molecule has 21 heavy (non-hydrogen) atoms. The van der Waals surface area contributed by atoms with E-state index >= 15 is 0 Å². The molecule has 0 aliphatic carbocycles. The summed E-state index contributed by atoms with van der Waals surface area (Å²) in [6.45, 7) is 5.87. The van der Waals surface area contributed by atoms with Crippen molar-refractivity contribution in [3.05, 3.63) is 0 Å². The van der Waals surface area contributed by atoms with Crippen LogP contribution in [0.4, 0.5) is 4.79 Å². The number of hydrogen-bond acceptors (Lipinski definition) is 5. The fourth-order valence-electron chi connectivity index (χ4n) is 2.75. The van der Waals surface area contributed by atoms with Crippen LogP contribution in [0.5, 0.6) is 0 Å². The Bertz CT molecular complexity index is 462. The topological polar surface area (TPSA) is 79.0 Å². The minimum atomic E-state index is -2.97. The first-order valence-corrected chi connectivity index (χ1v) is 9.24. The van der Waals surface area contributed by atoms with Crippen molar-refractivity contribution >= 4 is 15.9 Å². The van der Waals surface area contributed by atoms with Gasteiger partial charge in [-0.2, -0.15) is 0 Å². The molecule has 2 rings (SSSR count). The molecule has 0 bridgehead atoms. The molecule has 2 aliphatic rings. The third-order valence-electron chi connectivity index (χ3n) is 4.29. The lowest BCUT2D eigenvalue weighted by molar-refractivity contribution is 0.0206. The van der Waals surface area contributed by atoms with Crippen LogP contribution >= 0.6 is 0 Å². The van der Waals surface area contributed by atoms with Gasteiger partial charge in [-0.05, 0) is 13.3 Å². The zero-order valence-electron chi connectivity index (χ0n) is 12.7. The summed E-state index contributed by atoms with van der Waals surface area (Å²) in [6.07, 6.45) is 0.533. The number of nitrogens with zero attached hydrogens (tertiary/aromatic N) is 2. The number of carbonyl (C=O) groups excluding carboxylic acids is 1. The fourth-order valence-corrected chi connectivity index (χ4v) is 4.53. The SMILES string of the molecule is C[C@@H](CNC(=O)N(C)[C@@H]1CCS(=O)(=O)C1)N1CCOCC1. The number of urea groups is 1. The molecule has 0 saturated carbocycles. The van der Waals surface area contributed by atoms with Gasteiger partial charge in [0.2, 0.25) is 0 Å². The van der Waals surface area contributed by atoms with Crippen LogP contribution in [-0.2, 0) is 14.6 Å². The highest BCUT2D eigenvalue weighted by molar-refractivity contribution is 7.91. The first kappa shape index (κ1) is 16.5. The Morgan fingerprint density at radius 3 is 2.67 bits per heavy atom. The Hall–Kier alpha value is -0.860. The normalized spacial score (nSPS) is 27.2. The molecule has 1 N–H and O–H groups in total. The van der Waals surface area contributed by atoms with Crippen molar-refractivity contribution in [1.82, 2.24) is 15.1 Å². The molecule has 0 spiro atoms. The summed E-state index contributed by atoms with van der Waals surface area (Å²) < 4.78 is 28.2. The van der Waals surface area contributed by atoms with Crippen molar-refractivity contribution in [2.75, 3.05) is 51.4 Å². The molecule has 2 atom stereocenters. The maximum Gasteiger partial charge on any atom is 0.317 e. The molecule has 0 aromatic rings. The number of amides is 2. The number of ether oxygens (including phenoxy) is 1. The van der Waals surface area contributed by atoms with Gasteiger partial charge in [0.05, 0.1) is 24.7 Å². The quantitative estimate of drug-likeness (QED) is 0.758. The van der Waals surface area contributed by atoms with E-state index in [1.165, 1.54) is 4.90 Å². The summed E-state index contributed by atoms with van der Waals surface area (Å²) in [5.74, 6) is 0.259. The number of carbonyl (C=O) groups is 1. The van der Waals surface area contributed by atoms with E-state index in [-0.39, 0.29) is 29.6 Å². The van der Waals surface area contributed by atoms with Crippen LogP contribution in [0.1, 0.15) is 13.3 Å². The predicted octanol–water partition coefficient (Wildman–Crippen LogP) is -0.464. The molecule has 0 aromatic carbocycles. The van der Waals surface area contributed by atoms with Crippen LogP contribution < -0.4 is 5.32 Å². The first-order valence-electron chi connectivity index (χ1n) is 7.42. The van der Waals surface area contributed by atoms with Gasteiger partial charge >= 0.3 is 6.03 Å². The van der Waals surface area contributed by atoms with E-state index in [4.69, 9.17) is 4.74 Å². The van der Waals surface area contributed by atoms with Crippen molar-refractivity contribution in [2.45, 2.75) is 25.4 Å². The van der Waals surface area contributed by atoms with Gasteiger partial charge in [-0.1, -0.05) is 0 Å². The minimum absolute atomic E-state index is 0.0793. The van der Waals surface area contributed by atoms with Gasteiger partial charge in [0, 0.05) is 38.8 Å². The van der Waals surface area contributed by atoms with Crippen LogP contribution in [-0.4, -0.2) is 87.7 Å². The molecule has 2 saturated heterocycles. The van der Waals surface area contributed by atoms with E-state index in [2.05, 4.69) is 17.1 Å². The summed E-state index contributed by atoms with van der Waals surface area (Å²) in [7, 11) is -1.30. The summed E-state index contributed by atoms with van der Waals surface area (Å²) in [5, 5.41) is 2.89. The summed E-state index contributed by atoms with van der Waals surface area (Å²) in [6, 6.07) is -0.149. The monoisotopic (exact) mass is 319 g/mol. The second-order valence-electron chi connectivity index (χ2n) is 5.85. The van der Waals surface area contributed by atoms with Crippen molar-refractivity contribution in [2.24, 2.45) is 0 Å². The number of rotatable bonds is 4. The smallest absolute Gasteiger partial charge is 0.317 e. The van der Waals surface area contributed by atoms with E-state index in [0.717, 1.165) is 26.3 Å². The van der Waals surface area contributed by atoms with Crippen molar-refractivity contribution < 1.29 is 17.9 Å². The third kappa shape index (κ3) is 4.55. The van der Waals surface area contributed by atoms with Crippen LogP contribution in [0, 0.1) is 0 Å². The number of sulfone groups is 1. The van der Waals surface area contributed by atoms with Gasteiger partial charge in [-0.25, -0.2) is 13.2 Å². The van der Waals surface area contributed by atoms with E-state index in [1.807, 2.05) is 0 Å². The standard InChI is InChI=1S/C13H25N3O4S/c1-11(16-4-6-20-7-5-16)9-14-13(17)15(2)12-3-8-21(18,19)10-12/h11-12H,3-10H2,1-2H3,(H,14,17)/t11-,12+/m0/s1. The molecule has 8 heteroatoms. The lowest BCUT2D eigenvalue weighted by Gasteiger charge is -2.33. The summed E-state index contributed by atoms with van der Waals surface area (Å²) >= 11 is 0. The van der Waals surface area contributed by atoms with Crippen LogP contribution in [0.15, 0.2) is 0 Å². The second-order valence-corrected chi connectivity index (χ2v) is 8.08. The molecule has 122 valence electrons. The molecule has 0 radical (unpaired) electrons. The first-order chi connectivity index (χ1) is 9.89. The Balaban J connectivity index is 1.76. The largest absolute Gasteiger partial charge is 0.379 e. The second kappa shape index (κ2) is 6.93. The highest BCUT2D eigenvalue weighted by Gasteiger charge is 2.32. The van der Waals surface area contributed by atoms with E-state index in [1.54, 1.807) is 7.05 Å². The molecule has 2 heterocycles. The third-order valence-corrected chi connectivity index (χ3v) is 6.04. The van der Waals surface area contributed by atoms with Gasteiger partial charge < -0.3 is 15.0 Å². The Labute approximate surface area is 126 Å². The van der Waals surface area contributed by atoms with Gasteiger partial charge in [0.1, 0.15) is 0 Å². The number of morpholine rings is 1. The van der Waals surface area contributed by atoms with Gasteiger partial charge in [-0.15, -0.1) is 0 Å². The van der Waals surface area contributed by atoms with E-state index < -0.39 is 9.84 Å². The van der Waals surface area contributed by atoms with Crippen LogP contribution in [0.25, 0.3) is 0 Å². The van der Waals surface area contributed by atoms with Gasteiger partial charge in [-0.3, -0.25) is 4.90 Å². The van der Waals surface area contributed by atoms with Crippen molar-refractivity contribution in [3.8, 4) is 0 Å². The lowest BCUT2D eigenvalue weighted by atomic mass is 10.2. The lowest BCUT2D eigenvalue weighted by Crippen LogP contribution is -2.50. The summed E-state index contributed by atoms with van der Waals surface area (Å²) in [4.78, 5) is 15.9. The molecule has 2 amide bonds. The maximum absolute atomic E-state index is 12.1. The minimum Gasteiger partial charge on any atom is -0.379 e. The Kier molecular flexibility index (Phi) is 5.45. The zero-order chi connectivity index (χ0) is 15.5.